The fourth-order valence-corrected chi connectivity index (χ4v) is 2.91. The molecule has 0 saturated carbocycles. The lowest BCUT2D eigenvalue weighted by atomic mass is 10.2. The molecule has 106 valence electrons. The van der Waals surface area contributed by atoms with E-state index >= 15 is 0 Å². The minimum Gasteiger partial charge on any atom is -0.314 e. The maximum Gasteiger partial charge on any atom is 0.0424 e. The Balaban J connectivity index is 1.78. The van der Waals surface area contributed by atoms with Crippen LogP contribution in [0.4, 0.5) is 0 Å². The summed E-state index contributed by atoms with van der Waals surface area (Å²) in [6, 6.07) is 5.73. The zero-order chi connectivity index (χ0) is 13.7. The molecule has 0 amide bonds. The fraction of sp³-hybridized carbons (Fsp3) is 0.571. The van der Waals surface area contributed by atoms with E-state index in [4.69, 9.17) is 23.2 Å². The minimum atomic E-state index is 0.706. The predicted molar refractivity (Wildman–Crippen MR) is 82.1 cm³/mol. The summed E-state index contributed by atoms with van der Waals surface area (Å²) in [6.45, 7) is 7.57. The molecular weight excluding hydrogens is 281 g/mol. The summed E-state index contributed by atoms with van der Waals surface area (Å²) in [5.41, 5.74) is 1.17. The van der Waals surface area contributed by atoms with Gasteiger partial charge in [0.2, 0.25) is 0 Å². The smallest absolute Gasteiger partial charge is 0.0424 e. The van der Waals surface area contributed by atoms with Crippen molar-refractivity contribution >= 4 is 23.2 Å². The lowest BCUT2D eigenvalue weighted by Gasteiger charge is -2.29. The van der Waals surface area contributed by atoms with Crippen molar-refractivity contribution in [2.45, 2.75) is 6.54 Å². The Morgan fingerprint density at radius 3 is 2.42 bits per heavy atom. The molecule has 0 atom stereocenters. The summed E-state index contributed by atoms with van der Waals surface area (Å²) in [5.74, 6) is 0. The van der Waals surface area contributed by atoms with Crippen LogP contribution >= 0.6 is 23.2 Å². The van der Waals surface area contributed by atoms with E-state index in [1.807, 2.05) is 12.1 Å². The molecule has 1 aromatic carbocycles. The second-order valence-corrected chi connectivity index (χ2v) is 5.98. The Morgan fingerprint density at radius 2 is 1.79 bits per heavy atom. The van der Waals surface area contributed by atoms with Crippen molar-refractivity contribution in [2.75, 3.05) is 46.3 Å². The van der Waals surface area contributed by atoms with E-state index in [-0.39, 0.29) is 0 Å². The fourth-order valence-electron chi connectivity index (χ4n) is 2.34. The zero-order valence-corrected chi connectivity index (χ0v) is 12.8. The van der Waals surface area contributed by atoms with Gasteiger partial charge in [-0.1, -0.05) is 23.2 Å². The monoisotopic (exact) mass is 301 g/mol. The van der Waals surface area contributed by atoms with Gasteiger partial charge in [-0.05, 0) is 30.8 Å². The summed E-state index contributed by atoms with van der Waals surface area (Å²) >= 11 is 12.0. The summed E-state index contributed by atoms with van der Waals surface area (Å²) < 4.78 is 0. The molecular formula is C14H21Cl2N3. The van der Waals surface area contributed by atoms with E-state index < -0.39 is 0 Å². The molecule has 1 fully saturated rings. The van der Waals surface area contributed by atoms with E-state index in [0.717, 1.165) is 45.8 Å². The Bertz CT molecular complexity index is 385. The quantitative estimate of drug-likeness (QED) is 0.900. The number of piperazine rings is 1. The highest BCUT2D eigenvalue weighted by Gasteiger charge is 2.10. The molecule has 5 heteroatoms. The molecule has 0 spiro atoms. The molecule has 0 aromatic heterocycles. The van der Waals surface area contributed by atoms with E-state index in [9.17, 15) is 0 Å². The molecule has 1 heterocycles. The summed E-state index contributed by atoms with van der Waals surface area (Å²) in [4.78, 5) is 4.81. The first-order valence-electron chi connectivity index (χ1n) is 6.70. The van der Waals surface area contributed by atoms with Gasteiger partial charge in [-0.25, -0.2) is 0 Å². The highest BCUT2D eigenvalue weighted by molar-refractivity contribution is 6.34. The number of nitrogens with one attached hydrogen (secondary N) is 1. The van der Waals surface area contributed by atoms with Gasteiger partial charge in [0.25, 0.3) is 0 Å². The number of benzene rings is 1. The van der Waals surface area contributed by atoms with E-state index in [1.165, 1.54) is 5.56 Å². The van der Waals surface area contributed by atoms with Crippen molar-refractivity contribution < 1.29 is 0 Å². The lowest BCUT2D eigenvalue weighted by Crippen LogP contribution is -2.45. The number of hydrogen-bond donors (Lipinski definition) is 1. The van der Waals surface area contributed by atoms with Gasteiger partial charge in [-0.15, -0.1) is 0 Å². The molecule has 2 rings (SSSR count). The largest absolute Gasteiger partial charge is 0.314 e. The third-order valence-electron chi connectivity index (χ3n) is 3.38. The van der Waals surface area contributed by atoms with Crippen LogP contribution in [0.15, 0.2) is 18.2 Å². The summed E-state index contributed by atoms with van der Waals surface area (Å²) in [5, 5.41) is 4.78. The van der Waals surface area contributed by atoms with Gasteiger partial charge in [0.1, 0.15) is 0 Å². The van der Waals surface area contributed by atoms with Gasteiger partial charge < -0.3 is 10.2 Å². The maximum atomic E-state index is 6.01. The highest BCUT2D eigenvalue weighted by Crippen LogP contribution is 2.19. The molecule has 1 aliphatic heterocycles. The lowest BCUT2D eigenvalue weighted by molar-refractivity contribution is 0.202. The molecule has 0 bridgehead atoms. The molecule has 19 heavy (non-hydrogen) atoms. The van der Waals surface area contributed by atoms with Gasteiger partial charge in [0.15, 0.2) is 0 Å². The van der Waals surface area contributed by atoms with Crippen LogP contribution in [0.3, 0.4) is 0 Å². The number of halogens is 2. The van der Waals surface area contributed by atoms with Crippen molar-refractivity contribution in [3.8, 4) is 0 Å². The average Bonchev–Trinajstić information content (AvgIpc) is 2.36. The highest BCUT2D eigenvalue weighted by atomic mass is 35.5. The van der Waals surface area contributed by atoms with E-state index in [1.54, 1.807) is 6.07 Å². The molecule has 0 unspecified atom stereocenters. The molecule has 3 nitrogen and oxygen atoms in total. The first-order chi connectivity index (χ1) is 9.13. The zero-order valence-electron chi connectivity index (χ0n) is 11.3. The Labute approximate surface area is 125 Å². The van der Waals surface area contributed by atoms with Gasteiger partial charge in [0.05, 0.1) is 0 Å². The van der Waals surface area contributed by atoms with Gasteiger partial charge >= 0.3 is 0 Å². The molecule has 1 saturated heterocycles. The first kappa shape index (κ1) is 15.1. The Kier molecular flexibility index (Phi) is 5.92. The summed E-state index contributed by atoms with van der Waals surface area (Å²) in [7, 11) is 2.14. The molecule has 1 aromatic rings. The predicted octanol–water partition coefficient (Wildman–Crippen LogP) is 2.33. The SMILES string of the molecule is CN(CCN1CCNCC1)Cc1cc(Cl)cc(Cl)c1. The number of nitrogens with zero attached hydrogens (tertiary/aromatic N) is 2. The Hall–Kier alpha value is -0.320. The number of hydrogen-bond acceptors (Lipinski definition) is 3. The van der Waals surface area contributed by atoms with Crippen LogP contribution in [0.5, 0.6) is 0 Å². The van der Waals surface area contributed by atoms with Crippen LogP contribution < -0.4 is 5.32 Å². The second kappa shape index (κ2) is 7.46. The Morgan fingerprint density at radius 1 is 1.16 bits per heavy atom. The summed E-state index contributed by atoms with van der Waals surface area (Å²) in [6.07, 6.45) is 0. The van der Waals surface area contributed by atoms with Gasteiger partial charge in [0, 0.05) is 55.9 Å². The van der Waals surface area contributed by atoms with Crippen molar-refractivity contribution in [3.63, 3.8) is 0 Å². The van der Waals surface area contributed by atoms with Crippen molar-refractivity contribution in [1.82, 2.24) is 15.1 Å². The van der Waals surface area contributed by atoms with Crippen LogP contribution in [-0.4, -0.2) is 56.1 Å². The first-order valence-corrected chi connectivity index (χ1v) is 7.45. The molecule has 1 N–H and O–H groups in total. The van der Waals surface area contributed by atoms with Crippen molar-refractivity contribution in [1.29, 1.82) is 0 Å². The molecule has 0 aliphatic carbocycles. The van der Waals surface area contributed by atoms with E-state index in [2.05, 4.69) is 22.2 Å². The molecule has 1 aliphatic rings. The van der Waals surface area contributed by atoms with Crippen molar-refractivity contribution in [3.05, 3.63) is 33.8 Å². The topological polar surface area (TPSA) is 18.5 Å². The van der Waals surface area contributed by atoms with Gasteiger partial charge in [-0.2, -0.15) is 0 Å². The average molecular weight is 302 g/mol. The van der Waals surface area contributed by atoms with Crippen LogP contribution in [0.1, 0.15) is 5.56 Å². The number of rotatable bonds is 5. The van der Waals surface area contributed by atoms with Gasteiger partial charge in [-0.3, -0.25) is 4.90 Å². The normalized spacial score (nSPS) is 17.1. The van der Waals surface area contributed by atoms with E-state index in [0.29, 0.717) is 10.0 Å². The standard InChI is InChI=1S/C14H21Cl2N3/c1-18(6-7-19-4-2-17-3-5-19)11-12-8-13(15)10-14(16)9-12/h8-10,17H,2-7,11H2,1H3. The second-order valence-electron chi connectivity index (χ2n) is 5.11. The van der Waals surface area contributed by atoms with Crippen LogP contribution in [0.2, 0.25) is 10.0 Å². The maximum absolute atomic E-state index is 6.01. The third kappa shape index (κ3) is 5.28. The van der Waals surface area contributed by atoms with Crippen LogP contribution in [-0.2, 0) is 6.54 Å². The molecule has 0 radical (unpaired) electrons. The van der Waals surface area contributed by atoms with Crippen LogP contribution in [0, 0.1) is 0 Å². The third-order valence-corrected chi connectivity index (χ3v) is 3.82. The van der Waals surface area contributed by atoms with Crippen molar-refractivity contribution in [2.24, 2.45) is 0 Å². The minimum absolute atomic E-state index is 0.706. The van der Waals surface area contributed by atoms with Crippen LogP contribution in [0.25, 0.3) is 0 Å². The number of likely N-dealkylation sites (N-methyl/N-ethyl adjacent to an activating group) is 1.